The van der Waals surface area contributed by atoms with Gasteiger partial charge in [-0.3, -0.25) is 4.79 Å². The van der Waals surface area contributed by atoms with Crippen molar-refractivity contribution in [2.75, 3.05) is 0 Å². The van der Waals surface area contributed by atoms with Crippen molar-refractivity contribution in [3.05, 3.63) is 58.3 Å². The highest BCUT2D eigenvalue weighted by Crippen LogP contribution is 2.16. The maximum absolute atomic E-state index is 13.1. The second kappa shape index (κ2) is 5.14. The fraction of sp³-hybridized carbons (Fsp3) is 0.0833. The van der Waals surface area contributed by atoms with E-state index in [-0.39, 0.29) is 18.0 Å². The first-order valence-corrected chi connectivity index (χ1v) is 5.68. The Morgan fingerprint density at radius 3 is 2.82 bits per heavy atom. The first kappa shape index (κ1) is 11.9. The van der Waals surface area contributed by atoms with Crippen LogP contribution in [0, 0.1) is 5.82 Å². The lowest BCUT2D eigenvalue weighted by Crippen LogP contribution is -2.06. The molecule has 0 saturated heterocycles. The number of carbonyl (C=O) groups is 1. The van der Waals surface area contributed by atoms with Crippen LogP contribution in [0.2, 0.25) is 0 Å². The lowest BCUT2D eigenvalue weighted by Gasteiger charge is -2.02. The number of hydrogen-bond acceptors (Lipinski definition) is 3. The summed E-state index contributed by atoms with van der Waals surface area (Å²) in [5, 5.41) is 0. The van der Waals surface area contributed by atoms with E-state index in [2.05, 4.69) is 25.9 Å². The number of benzene rings is 1. The maximum Gasteiger partial charge on any atom is 0.185 e. The lowest BCUT2D eigenvalue weighted by molar-refractivity contribution is 0.0988. The van der Waals surface area contributed by atoms with Gasteiger partial charge in [0.25, 0.3) is 0 Å². The van der Waals surface area contributed by atoms with Crippen LogP contribution in [0.4, 0.5) is 4.39 Å². The van der Waals surface area contributed by atoms with E-state index < -0.39 is 0 Å². The van der Waals surface area contributed by atoms with Crippen LogP contribution < -0.4 is 0 Å². The van der Waals surface area contributed by atoms with Gasteiger partial charge >= 0.3 is 0 Å². The zero-order valence-corrected chi connectivity index (χ0v) is 10.3. The van der Waals surface area contributed by atoms with Crippen molar-refractivity contribution in [2.24, 2.45) is 0 Å². The predicted molar refractivity (Wildman–Crippen MR) is 64.2 cm³/mol. The first-order chi connectivity index (χ1) is 8.15. The second-order valence-corrected chi connectivity index (χ2v) is 4.39. The molecule has 0 aliphatic rings. The molecule has 86 valence electrons. The van der Waals surface area contributed by atoms with E-state index in [4.69, 9.17) is 0 Å². The zero-order chi connectivity index (χ0) is 12.3. The molecule has 0 saturated carbocycles. The maximum atomic E-state index is 13.1. The van der Waals surface area contributed by atoms with E-state index >= 15 is 0 Å². The fourth-order valence-electron chi connectivity index (χ4n) is 1.44. The van der Waals surface area contributed by atoms with Crippen molar-refractivity contribution in [1.29, 1.82) is 0 Å². The van der Waals surface area contributed by atoms with Gasteiger partial charge in [-0.1, -0.05) is 15.9 Å². The molecule has 1 aromatic carbocycles. The summed E-state index contributed by atoms with van der Waals surface area (Å²) in [4.78, 5) is 19.4. The number of rotatable bonds is 3. The zero-order valence-electron chi connectivity index (χ0n) is 8.73. The smallest absolute Gasteiger partial charge is 0.185 e. The Morgan fingerprint density at radius 2 is 2.18 bits per heavy atom. The molecular formula is C12H8BrFN2O. The Balaban J connectivity index is 2.19. The molecule has 17 heavy (non-hydrogen) atoms. The highest BCUT2D eigenvalue weighted by molar-refractivity contribution is 9.10. The van der Waals surface area contributed by atoms with E-state index in [0.717, 1.165) is 0 Å². The van der Waals surface area contributed by atoms with Gasteiger partial charge in [0, 0.05) is 17.1 Å². The number of ketones is 1. The molecule has 0 aliphatic carbocycles. The molecule has 0 N–H and O–H groups in total. The topological polar surface area (TPSA) is 42.9 Å². The van der Waals surface area contributed by atoms with Gasteiger partial charge in [0.1, 0.15) is 17.8 Å². The standard InChI is InChI=1S/C12H8BrFN2O/c13-9-3-8(4-10(14)6-9)5-12(17)11-1-2-15-7-16-11/h1-4,6-7H,5H2. The van der Waals surface area contributed by atoms with Crippen LogP contribution in [0.25, 0.3) is 0 Å². The summed E-state index contributed by atoms with van der Waals surface area (Å²) in [5.74, 6) is -0.533. The fourth-order valence-corrected chi connectivity index (χ4v) is 1.96. The van der Waals surface area contributed by atoms with E-state index in [1.165, 1.54) is 30.7 Å². The van der Waals surface area contributed by atoms with E-state index in [0.29, 0.717) is 15.7 Å². The van der Waals surface area contributed by atoms with E-state index in [1.807, 2.05) is 0 Å². The molecule has 0 fully saturated rings. The molecule has 0 amide bonds. The molecular weight excluding hydrogens is 287 g/mol. The molecule has 0 radical (unpaired) electrons. The molecule has 2 rings (SSSR count). The Kier molecular flexibility index (Phi) is 3.58. The van der Waals surface area contributed by atoms with Crippen molar-refractivity contribution in [1.82, 2.24) is 9.97 Å². The second-order valence-electron chi connectivity index (χ2n) is 3.47. The Bertz CT molecular complexity index is 525. The SMILES string of the molecule is O=C(Cc1cc(F)cc(Br)c1)c1ccncn1. The van der Waals surface area contributed by atoms with Crippen LogP contribution in [-0.4, -0.2) is 15.8 Å². The quantitative estimate of drug-likeness (QED) is 0.818. The van der Waals surface area contributed by atoms with Crippen LogP contribution in [0.3, 0.4) is 0 Å². The van der Waals surface area contributed by atoms with Gasteiger partial charge in [-0.15, -0.1) is 0 Å². The summed E-state index contributed by atoms with van der Waals surface area (Å²) in [5.41, 5.74) is 0.945. The monoisotopic (exact) mass is 294 g/mol. The van der Waals surface area contributed by atoms with Gasteiger partial charge in [0.05, 0.1) is 0 Å². The van der Waals surface area contributed by atoms with Crippen LogP contribution in [-0.2, 0) is 6.42 Å². The van der Waals surface area contributed by atoms with Crippen molar-refractivity contribution >= 4 is 21.7 Å². The average molecular weight is 295 g/mol. The van der Waals surface area contributed by atoms with Gasteiger partial charge in [-0.05, 0) is 29.8 Å². The summed E-state index contributed by atoms with van der Waals surface area (Å²) >= 11 is 3.18. The lowest BCUT2D eigenvalue weighted by atomic mass is 10.1. The summed E-state index contributed by atoms with van der Waals surface area (Å²) < 4.78 is 13.7. The molecule has 5 heteroatoms. The van der Waals surface area contributed by atoms with Gasteiger partial charge in [-0.25, -0.2) is 14.4 Å². The van der Waals surface area contributed by atoms with Gasteiger partial charge in [0.2, 0.25) is 0 Å². The Labute approximate surface area is 106 Å². The van der Waals surface area contributed by atoms with Crippen LogP contribution in [0.15, 0.2) is 41.3 Å². The van der Waals surface area contributed by atoms with Gasteiger partial charge in [-0.2, -0.15) is 0 Å². The summed E-state index contributed by atoms with van der Waals surface area (Å²) in [6.45, 7) is 0. The number of halogens is 2. The molecule has 3 nitrogen and oxygen atoms in total. The van der Waals surface area contributed by atoms with Crippen molar-refractivity contribution in [3.63, 3.8) is 0 Å². The number of aromatic nitrogens is 2. The van der Waals surface area contributed by atoms with Crippen LogP contribution in [0.5, 0.6) is 0 Å². The van der Waals surface area contributed by atoms with Crippen LogP contribution >= 0.6 is 15.9 Å². The summed E-state index contributed by atoms with van der Waals surface area (Å²) in [7, 11) is 0. The van der Waals surface area contributed by atoms with E-state index in [9.17, 15) is 9.18 Å². The third-order valence-corrected chi connectivity index (χ3v) is 2.61. The molecule has 0 bridgehead atoms. The largest absolute Gasteiger partial charge is 0.292 e. The highest BCUT2D eigenvalue weighted by Gasteiger charge is 2.09. The third kappa shape index (κ3) is 3.17. The van der Waals surface area contributed by atoms with Crippen molar-refractivity contribution in [2.45, 2.75) is 6.42 Å². The average Bonchev–Trinajstić information content (AvgIpc) is 2.28. The number of nitrogens with zero attached hydrogens (tertiary/aromatic N) is 2. The molecule has 1 aromatic heterocycles. The number of Topliss-reactive ketones (excluding diaryl/α,β-unsaturated/α-hetero) is 1. The first-order valence-electron chi connectivity index (χ1n) is 4.89. The molecule has 0 spiro atoms. The van der Waals surface area contributed by atoms with Gasteiger partial charge in [0.15, 0.2) is 5.78 Å². The number of hydrogen-bond donors (Lipinski definition) is 0. The van der Waals surface area contributed by atoms with E-state index in [1.54, 1.807) is 6.07 Å². The highest BCUT2D eigenvalue weighted by atomic mass is 79.9. The minimum absolute atomic E-state index is 0.118. The summed E-state index contributed by atoms with van der Waals surface area (Å²) in [6, 6.07) is 5.93. The van der Waals surface area contributed by atoms with Gasteiger partial charge < -0.3 is 0 Å². The number of carbonyl (C=O) groups excluding carboxylic acids is 1. The molecule has 0 aliphatic heterocycles. The van der Waals surface area contributed by atoms with Crippen molar-refractivity contribution < 1.29 is 9.18 Å². The minimum atomic E-state index is -0.370. The summed E-state index contributed by atoms with van der Waals surface area (Å²) in [6.07, 6.45) is 2.93. The molecule has 0 unspecified atom stereocenters. The molecule has 0 atom stereocenters. The predicted octanol–water partition coefficient (Wildman–Crippen LogP) is 2.80. The normalized spacial score (nSPS) is 10.2. The van der Waals surface area contributed by atoms with Crippen LogP contribution in [0.1, 0.15) is 16.1 Å². The molecule has 2 aromatic rings. The Morgan fingerprint density at radius 1 is 1.35 bits per heavy atom. The minimum Gasteiger partial charge on any atom is -0.292 e. The third-order valence-electron chi connectivity index (χ3n) is 2.15. The Hall–Kier alpha value is -1.62. The van der Waals surface area contributed by atoms with Crippen molar-refractivity contribution in [3.8, 4) is 0 Å². The molecule has 1 heterocycles.